The first-order valence-electron chi connectivity index (χ1n) is 11.1. The van der Waals surface area contributed by atoms with Crippen molar-refractivity contribution in [2.45, 2.75) is 117 Å². The van der Waals surface area contributed by atoms with E-state index in [1.807, 2.05) is 0 Å². The minimum Gasteiger partial charge on any atom is -0.326 e. The van der Waals surface area contributed by atoms with Crippen LogP contribution in [0.2, 0.25) is 0 Å². The summed E-state index contributed by atoms with van der Waals surface area (Å²) < 4.78 is 0. The number of rotatable bonds is 18. The van der Waals surface area contributed by atoms with Gasteiger partial charge in [-0.05, 0) is 31.8 Å². The fraction of sp³-hybridized carbons (Fsp3) is 1.00. The van der Waals surface area contributed by atoms with Gasteiger partial charge in [-0.3, -0.25) is 0 Å². The summed E-state index contributed by atoms with van der Waals surface area (Å²) in [4.78, 5) is 2.66. The fourth-order valence-corrected chi connectivity index (χ4v) is 3.31. The van der Waals surface area contributed by atoms with Crippen LogP contribution in [-0.4, -0.2) is 30.6 Å². The summed E-state index contributed by atoms with van der Waals surface area (Å²) in [6.07, 6.45) is 17.8. The third-order valence-electron chi connectivity index (χ3n) is 5.50. The molecule has 2 atom stereocenters. The minimum absolute atomic E-state index is 0.343. The number of hydrogen-bond donors (Lipinski definition) is 1. The van der Waals surface area contributed by atoms with E-state index in [0.717, 1.165) is 6.54 Å². The van der Waals surface area contributed by atoms with Gasteiger partial charge in [0.15, 0.2) is 0 Å². The van der Waals surface area contributed by atoms with Crippen molar-refractivity contribution in [3.63, 3.8) is 0 Å². The molecule has 0 aliphatic heterocycles. The number of hydrogen-bond acceptors (Lipinski definition) is 2. The molecule has 0 amide bonds. The van der Waals surface area contributed by atoms with Crippen LogP contribution in [0.1, 0.15) is 111 Å². The quantitative estimate of drug-likeness (QED) is 0.293. The third-order valence-corrected chi connectivity index (χ3v) is 5.50. The van der Waals surface area contributed by atoms with E-state index < -0.39 is 0 Å². The van der Waals surface area contributed by atoms with Crippen LogP contribution in [0.5, 0.6) is 0 Å². The van der Waals surface area contributed by atoms with Crippen LogP contribution in [0.3, 0.4) is 0 Å². The van der Waals surface area contributed by atoms with Crippen LogP contribution >= 0.6 is 0 Å². The van der Waals surface area contributed by atoms with Gasteiger partial charge in [-0.2, -0.15) is 0 Å². The highest BCUT2D eigenvalue weighted by Crippen LogP contribution is 2.12. The normalized spacial score (nSPS) is 14.2. The molecule has 2 nitrogen and oxygen atoms in total. The minimum atomic E-state index is 0.343. The summed E-state index contributed by atoms with van der Waals surface area (Å²) in [5, 5.41) is 0. The van der Waals surface area contributed by atoms with E-state index in [2.05, 4.69) is 32.6 Å². The maximum atomic E-state index is 6.43. The molecule has 0 aromatic heterocycles. The van der Waals surface area contributed by atoms with Crippen molar-refractivity contribution in [1.82, 2.24) is 4.90 Å². The Hall–Kier alpha value is -0.0800. The molecule has 0 fully saturated rings. The van der Waals surface area contributed by atoms with Crippen molar-refractivity contribution in [2.75, 3.05) is 19.6 Å². The summed E-state index contributed by atoms with van der Waals surface area (Å²) in [6.45, 7) is 12.8. The highest BCUT2D eigenvalue weighted by molar-refractivity contribution is 4.73. The second kappa shape index (κ2) is 17.7. The van der Waals surface area contributed by atoms with Gasteiger partial charge in [-0.25, -0.2) is 0 Å². The molecule has 2 N–H and O–H groups in total. The molecule has 0 saturated heterocycles. The Bertz CT molecular complexity index is 226. The van der Waals surface area contributed by atoms with Crippen molar-refractivity contribution >= 4 is 0 Å². The molecule has 0 aromatic carbocycles. The Kier molecular flexibility index (Phi) is 17.7. The van der Waals surface area contributed by atoms with Gasteiger partial charge in [0.1, 0.15) is 0 Å². The van der Waals surface area contributed by atoms with E-state index in [1.54, 1.807) is 0 Å². The molecule has 0 aromatic rings. The highest BCUT2D eigenvalue weighted by atomic mass is 15.1. The van der Waals surface area contributed by atoms with Crippen LogP contribution in [0.15, 0.2) is 0 Å². The van der Waals surface area contributed by atoms with E-state index in [0.29, 0.717) is 12.0 Å². The molecule has 0 spiro atoms. The Balaban J connectivity index is 4.00. The molecule has 0 aliphatic carbocycles. The van der Waals surface area contributed by atoms with Gasteiger partial charge in [0.25, 0.3) is 0 Å². The second-order valence-electron chi connectivity index (χ2n) is 7.89. The van der Waals surface area contributed by atoms with Crippen molar-refractivity contribution < 1.29 is 0 Å². The van der Waals surface area contributed by atoms with Crippen LogP contribution in [0.25, 0.3) is 0 Å². The van der Waals surface area contributed by atoms with E-state index in [4.69, 9.17) is 5.73 Å². The van der Waals surface area contributed by atoms with Crippen LogP contribution in [-0.2, 0) is 0 Å². The Morgan fingerprint density at radius 3 is 1.50 bits per heavy atom. The standard InChI is InChI=1S/C22H48N2/c1-5-8-10-12-14-16-18-24(20-22(23)21(4)7-3)19-17-15-13-11-9-6-2/h21-22H,5-20,23H2,1-4H3. The lowest BCUT2D eigenvalue weighted by atomic mass is 9.99. The number of nitrogens with zero attached hydrogens (tertiary/aromatic N) is 1. The molecule has 2 heteroatoms. The second-order valence-corrected chi connectivity index (χ2v) is 7.89. The molecular formula is C22H48N2. The predicted molar refractivity (Wildman–Crippen MR) is 111 cm³/mol. The van der Waals surface area contributed by atoms with Gasteiger partial charge in [-0.15, -0.1) is 0 Å². The Morgan fingerprint density at radius 1 is 0.667 bits per heavy atom. The smallest absolute Gasteiger partial charge is 0.0193 e. The van der Waals surface area contributed by atoms with Crippen LogP contribution in [0.4, 0.5) is 0 Å². The molecule has 24 heavy (non-hydrogen) atoms. The summed E-state index contributed by atoms with van der Waals surface area (Å²) in [5.74, 6) is 0.640. The van der Waals surface area contributed by atoms with E-state index in [-0.39, 0.29) is 0 Å². The van der Waals surface area contributed by atoms with Crippen LogP contribution in [0, 0.1) is 5.92 Å². The first-order valence-corrected chi connectivity index (χ1v) is 11.1. The molecule has 0 saturated carbocycles. The lowest BCUT2D eigenvalue weighted by Gasteiger charge is -2.28. The van der Waals surface area contributed by atoms with E-state index >= 15 is 0 Å². The third kappa shape index (κ3) is 14.3. The maximum absolute atomic E-state index is 6.43. The Morgan fingerprint density at radius 2 is 1.08 bits per heavy atom. The molecule has 0 aliphatic rings. The monoisotopic (exact) mass is 340 g/mol. The zero-order valence-corrected chi connectivity index (χ0v) is 17.5. The molecule has 0 rings (SSSR count). The topological polar surface area (TPSA) is 29.3 Å². The van der Waals surface area contributed by atoms with Gasteiger partial charge in [0.2, 0.25) is 0 Å². The first-order chi connectivity index (χ1) is 11.7. The van der Waals surface area contributed by atoms with Gasteiger partial charge in [0, 0.05) is 12.6 Å². The summed E-state index contributed by atoms with van der Waals surface area (Å²) in [7, 11) is 0. The average molecular weight is 341 g/mol. The average Bonchev–Trinajstić information content (AvgIpc) is 2.59. The fourth-order valence-electron chi connectivity index (χ4n) is 3.31. The van der Waals surface area contributed by atoms with Crippen LogP contribution < -0.4 is 5.73 Å². The lowest BCUT2D eigenvalue weighted by molar-refractivity contribution is 0.222. The molecule has 2 unspecified atom stereocenters. The summed E-state index contributed by atoms with van der Waals surface area (Å²) in [6, 6.07) is 0.343. The molecule has 0 bridgehead atoms. The predicted octanol–water partition coefficient (Wildman–Crippen LogP) is 6.38. The van der Waals surface area contributed by atoms with Crippen molar-refractivity contribution in [3.8, 4) is 0 Å². The van der Waals surface area contributed by atoms with Gasteiger partial charge >= 0.3 is 0 Å². The zero-order valence-electron chi connectivity index (χ0n) is 17.5. The van der Waals surface area contributed by atoms with Crippen molar-refractivity contribution in [3.05, 3.63) is 0 Å². The SMILES string of the molecule is CCCCCCCCN(CCCCCCCC)CC(N)C(C)CC. The van der Waals surface area contributed by atoms with E-state index in [9.17, 15) is 0 Å². The van der Waals surface area contributed by atoms with Gasteiger partial charge < -0.3 is 10.6 Å². The largest absolute Gasteiger partial charge is 0.326 e. The van der Waals surface area contributed by atoms with Gasteiger partial charge in [0.05, 0.1) is 0 Å². The first kappa shape index (κ1) is 23.9. The lowest BCUT2D eigenvalue weighted by Crippen LogP contribution is -2.42. The zero-order chi connectivity index (χ0) is 18.0. The summed E-state index contributed by atoms with van der Waals surface area (Å²) in [5.41, 5.74) is 6.43. The maximum Gasteiger partial charge on any atom is 0.0193 e. The van der Waals surface area contributed by atoms with Gasteiger partial charge in [-0.1, -0.05) is 98.3 Å². The number of nitrogens with two attached hydrogens (primary N) is 1. The summed E-state index contributed by atoms with van der Waals surface area (Å²) >= 11 is 0. The molecule has 146 valence electrons. The molecule has 0 heterocycles. The molecule has 0 radical (unpaired) electrons. The molecular weight excluding hydrogens is 292 g/mol. The van der Waals surface area contributed by atoms with Crippen molar-refractivity contribution in [2.24, 2.45) is 11.7 Å². The van der Waals surface area contributed by atoms with Crippen molar-refractivity contribution in [1.29, 1.82) is 0 Å². The number of unbranched alkanes of at least 4 members (excludes halogenated alkanes) is 10. The van der Waals surface area contributed by atoms with E-state index in [1.165, 1.54) is 96.6 Å². The Labute approximate surface area is 154 Å². The highest BCUT2D eigenvalue weighted by Gasteiger charge is 2.15.